The zero-order valence-corrected chi connectivity index (χ0v) is 14.0. The Labute approximate surface area is 129 Å². The SMILES string of the molecule is CC(C)(C)c1nc(-c2cc(Cl)cs2)nc(Cl)c1Br. The summed E-state index contributed by atoms with van der Waals surface area (Å²) in [4.78, 5) is 9.80. The fraction of sp³-hybridized carbons (Fsp3) is 0.333. The summed E-state index contributed by atoms with van der Waals surface area (Å²) in [6.45, 7) is 6.25. The van der Waals surface area contributed by atoms with Crippen molar-refractivity contribution in [2.45, 2.75) is 26.2 Å². The van der Waals surface area contributed by atoms with E-state index >= 15 is 0 Å². The Hall–Kier alpha value is -0.160. The van der Waals surface area contributed by atoms with Crippen LogP contribution in [0.1, 0.15) is 26.5 Å². The normalized spacial score (nSPS) is 11.9. The van der Waals surface area contributed by atoms with E-state index in [0.29, 0.717) is 16.0 Å². The summed E-state index contributed by atoms with van der Waals surface area (Å²) in [7, 11) is 0. The molecule has 0 atom stereocenters. The summed E-state index contributed by atoms with van der Waals surface area (Å²) in [5.41, 5.74) is 0.781. The van der Waals surface area contributed by atoms with Crippen molar-refractivity contribution in [3.63, 3.8) is 0 Å². The standard InChI is InChI=1S/C12H11BrCl2N2S/c1-12(2,3)9-8(13)10(15)17-11(16-9)7-4-6(14)5-18-7/h4-5H,1-3H3. The molecular formula is C12H11BrCl2N2S. The molecule has 0 amide bonds. The summed E-state index contributed by atoms with van der Waals surface area (Å²) < 4.78 is 0.753. The lowest BCUT2D eigenvalue weighted by atomic mass is 9.92. The average molecular weight is 366 g/mol. The van der Waals surface area contributed by atoms with Crippen LogP contribution in [0.3, 0.4) is 0 Å². The van der Waals surface area contributed by atoms with E-state index in [-0.39, 0.29) is 5.41 Å². The molecule has 0 spiro atoms. The minimum absolute atomic E-state index is 0.110. The zero-order chi connectivity index (χ0) is 13.5. The Balaban J connectivity index is 2.61. The van der Waals surface area contributed by atoms with Gasteiger partial charge in [0.1, 0.15) is 5.15 Å². The maximum Gasteiger partial charge on any atom is 0.171 e. The second-order valence-electron chi connectivity index (χ2n) is 4.88. The molecule has 2 heterocycles. The van der Waals surface area contributed by atoms with Crippen LogP contribution in [0, 0.1) is 0 Å². The minimum Gasteiger partial charge on any atom is -0.231 e. The van der Waals surface area contributed by atoms with Crippen LogP contribution < -0.4 is 0 Å². The van der Waals surface area contributed by atoms with Crippen LogP contribution in [-0.2, 0) is 5.41 Å². The molecule has 0 unspecified atom stereocenters. The van der Waals surface area contributed by atoms with Crippen molar-refractivity contribution in [1.82, 2.24) is 9.97 Å². The molecule has 0 fully saturated rings. The number of hydrogen-bond acceptors (Lipinski definition) is 3. The van der Waals surface area contributed by atoms with E-state index in [1.165, 1.54) is 11.3 Å². The number of nitrogens with zero attached hydrogens (tertiary/aromatic N) is 2. The first-order valence-corrected chi connectivity index (χ1v) is 7.70. The quantitative estimate of drug-likeness (QED) is 0.617. The Morgan fingerprint density at radius 2 is 1.89 bits per heavy atom. The molecule has 6 heteroatoms. The summed E-state index contributed by atoms with van der Waals surface area (Å²) in [5.74, 6) is 0.616. The van der Waals surface area contributed by atoms with Gasteiger partial charge in [-0.05, 0) is 22.0 Å². The topological polar surface area (TPSA) is 25.8 Å². The average Bonchev–Trinajstić information content (AvgIpc) is 2.67. The monoisotopic (exact) mass is 364 g/mol. The molecule has 2 rings (SSSR count). The Kier molecular flexibility index (Phi) is 4.02. The van der Waals surface area contributed by atoms with Crippen molar-refractivity contribution < 1.29 is 0 Å². The highest BCUT2D eigenvalue weighted by atomic mass is 79.9. The third-order valence-corrected chi connectivity index (χ3v) is 4.84. The highest BCUT2D eigenvalue weighted by molar-refractivity contribution is 9.10. The Morgan fingerprint density at radius 1 is 1.22 bits per heavy atom. The number of aromatic nitrogens is 2. The first-order chi connectivity index (χ1) is 8.29. The van der Waals surface area contributed by atoms with E-state index in [1.54, 1.807) is 0 Å². The molecule has 2 aromatic rings. The Bertz CT molecular complexity index is 590. The van der Waals surface area contributed by atoms with Gasteiger partial charge in [0.15, 0.2) is 5.82 Å². The van der Waals surface area contributed by atoms with E-state index in [9.17, 15) is 0 Å². The second-order valence-corrected chi connectivity index (χ2v) is 7.38. The lowest BCUT2D eigenvalue weighted by molar-refractivity contribution is 0.564. The van der Waals surface area contributed by atoms with Crippen molar-refractivity contribution in [3.8, 4) is 10.7 Å². The predicted octanol–water partition coefficient (Wildman–Crippen LogP) is 5.57. The van der Waals surface area contributed by atoms with Crippen LogP contribution in [0.2, 0.25) is 10.2 Å². The van der Waals surface area contributed by atoms with Gasteiger partial charge in [-0.25, -0.2) is 9.97 Å². The van der Waals surface area contributed by atoms with Gasteiger partial charge in [0.05, 0.1) is 20.1 Å². The third-order valence-electron chi connectivity index (χ3n) is 2.31. The van der Waals surface area contributed by atoms with Crippen LogP contribution in [0.4, 0.5) is 0 Å². The summed E-state index contributed by atoms with van der Waals surface area (Å²) in [6, 6.07) is 1.85. The zero-order valence-electron chi connectivity index (χ0n) is 10.1. The molecule has 18 heavy (non-hydrogen) atoms. The largest absolute Gasteiger partial charge is 0.231 e. The van der Waals surface area contributed by atoms with Gasteiger partial charge in [-0.15, -0.1) is 11.3 Å². The van der Waals surface area contributed by atoms with Gasteiger partial charge in [-0.1, -0.05) is 44.0 Å². The van der Waals surface area contributed by atoms with E-state index in [4.69, 9.17) is 23.2 Å². The van der Waals surface area contributed by atoms with Crippen molar-refractivity contribution in [3.05, 3.63) is 31.8 Å². The van der Waals surface area contributed by atoms with Crippen LogP contribution >= 0.6 is 50.5 Å². The maximum absolute atomic E-state index is 6.16. The smallest absolute Gasteiger partial charge is 0.171 e. The van der Waals surface area contributed by atoms with Gasteiger partial charge in [-0.2, -0.15) is 0 Å². The molecule has 0 saturated heterocycles. The van der Waals surface area contributed by atoms with Gasteiger partial charge in [0.2, 0.25) is 0 Å². The first-order valence-electron chi connectivity index (χ1n) is 5.27. The summed E-state index contributed by atoms with van der Waals surface area (Å²) in [6.07, 6.45) is 0. The van der Waals surface area contributed by atoms with Gasteiger partial charge in [0.25, 0.3) is 0 Å². The maximum atomic E-state index is 6.16. The highest BCUT2D eigenvalue weighted by Crippen LogP contribution is 2.35. The van der Waals surface area contributed by atoms with Crippen LogP contribution in [0.5, 0.6) is 0 Å². The van der Waals surface area contributed by atoms with Crippen LogP contribution in [-0.4, -0.2) is 9.97 Å². The molecule has 0 radical (unpaired) electrons. The van der Waals surface area contributed by atoms with E-state index < -0.39 is 0 Å². The predicted molar refractivity (Wildman–Crippen MR) is 81.8 cm³/mol. The molecule has 0 aromatic carbocycles. The molecule has 2 nitrogen and oxygen atoms in total. The molecular weight excluding hydrogens is 355 g/mol. The third kappa shape index (κ3) is 2.87. The molecule has 0 aliphatic heterocycles. The van der Waals surface area contributed by atoms with Gasteiger partial charge < -0.3 is 0 Å². The van der Waals surface area contributed by atoms with Crippen LogP contribution in [0.25, 0.3) is 10.7 Å². The summed E-state index contributed by atoms with van der Waals surface area (Å²) in [5, 5.41) is 2.97. The van der Waals surface area contributed by atoms with E-state index in [2.05, 4.69) is 46.7 Å². The molecule has 0 aliphatic rings. The molecule has 0 saturated carbocycles. The number of thiophene rings is 1. The van der Waals surface area contributed by atoms with Crippen LogP contribution in [0.15, 0.2) is 15.9 Å². The fourth-order valence-electron chi connectivity index (χ4n) is 1.46. The minimum atomic E-state index is -0.110. The van der Waals surface area contributed by atoms with Crippen molar-refractivity contribution in [2.75, 3.05) is 0 Å². The van der Waals surface area contributed by atoms with Crippen molar-refractivity contribution in [2.24, 2.45) is 0 Å². The fourth-order valence-corrected chi connectivity index (χ4v) is 3.41. The highest BCUT2D eigenvalue weighted by Gasteiger charge is 2.23. The summed E-state index contributed by atoms with van der Waals surface area (Å²) >= 11 is 17.0. The number of hydrogen-bond donors (Lipinski definition) is 0. The molecule has 0 bridgehead atoms. The number of halogens is 3. The molecule has 96 valence electrons. The van der Waals surface area contributed by atoms with Gasteiger partial charge >= 0.3 is 0 Å². The van der Waals surface area contributed by atoms with Crippen molar-refractivity contribution >= 4 is 50.5 Å². The van der Waals surface area contributed by atoms with Gasteiger partial charge in [-0.3, -0.25) is 0 Å². The Morgan fingerprint density at radius 3 is 2.39 bits per heavy atom. The lowest BCUT2D eigenvalue weighted by Gasteiger charge is -2.20. The van der Waals surface area contributed by atoms with E-state index in [1.807, 2.05) is 11.4 Å². The second kappa shape index (κ2) is 5.08. The molecule has 0 N–H and O–H groups in total. The molecule has 0 aliphatic carbocycles. The van der Waals surface area contributed by atoms with Gasteiger partial charge in [0, 0.05) is 10.8 Å². The van der Waals surface area contributed by atoms with Crippen molar-refractivity contribution in [1.29, 1.82) is 0 Å². The molecule has 2 aromatic heterocycles. The number of rotatable bonds is 1. The van der Waals surface area contributed by atoms with E-state index in [0.717, 1.165) is 15.0 Å². The lowest BCUT2D eigenvalue weighted by Crippen LogP contribution is -2.15. The first kappa shape index (κ1) is 14.3.